The van der Waals surface area contributed by atoms with E-state index >= 15 is 0 Å². The van der Waals surface area contributed by atoms with Gasteiger partial charge >= 0.3 is 0 Å². The first kappa shape index (κ1) is 15.3. The fourth-order valence-electron chi connectivity index (χ4n) is 3.37. The zero-order chi connectivity index (χ0) is 16.7. The number of carbonyl (C=O) groups is 1. The van der Waals surface area contributed by atoms with E-state index in [9.17, 15) is 4.79 Å². The van der Waals surface area contributed by atoms with Crippen molar-refractivity contribution in [2.75, 3.05) is 13.1 Å². The second-order valence-electron chi connectivity index (χ2n) is 6.35. The number of nitrogens with zero attached hydrogens (tertiary/aromatic N) is 2. The minimum Gasteiger partial charge on any atom is -0.361 e. The lowest BCUT2D eigenvalue weighted by molar-refractivity contribution is 0.0701. The van der Waals surface area contributed by atoms with Crippen molar-refractivity contribution in [1.82, 2.24) is 15.0 Å². The van der Waals surface area contributed by atoms with Crippen molar-refractivity contribution >= 4 is 28.4 Å². The molecule has 3 aromatic rings. The molecule has 1 amide bonds. The topological polar surface area (TPSA) is 62.1 Å². The highest BCUT2D eigenvalue weighted by atomic mass is 35.5. The van der Waals surface area contributed by atoms with Crippen molar-refractivity contribution in [3.05, 3.63) is 52.5 Å². The summed E-state index contributed by atoms with van der Waals surface area (Å²) in [5, 5.41) is 5.70. The van der Waals surface area contributed by atoms with Crippen LogP contribution < -0.4 is 0 Å². The van der Waals surface area contributed by atoms with Crippen LogP contribution in [0.4, 0.5) is 0 Å². The van der Waals surface area contributed by atoms with Crippen LogP contribution in [0, 0.1) is 6.92 Å². The SMILES string of the molecule is Cc1cc(C(=O)N2CCC(c3cc4cc(Cl)ccc4[nH]3)CC2)no1. The van der Waals surface area contributed by atoms with Gasteiger partial charge in [0.05, 0.1) is 0 Å². The highest BCUT2D eigenvalue weighted by molar-refractivity contribution is 6.31. The van der Waals surface area contributed by atoms with Gasteiger partial charge in [-0.3, -0.25) is 4.79 Å². The minimum atomic E-state index is -0.0475. The van der Waals surface area contributed by atoms with Crippen LogP contribution in [0.1, 0.15) is 40.7 Å². The molecule has 0 bridgehead atoms. The maximum absolute atomic E-state index is 12.4. The number of hydrogen-bond donors (Lipinski definition) is 1. The number of hydrogen-bond acceptors (Lipinski definition) is 3. The number of carbonyl (C=O) groups excluding carboxylic acids is 1. The summed E-state index contributed by atoms with van der Waals surface area (Å²) in [6.45, 7) is 3.25. The summed E-state index contributed by atoms with van der Waals surface area (Å²) in [7, 11) is 0. The predicted octanol–water partition coefficient (Wildman–Crippen LogP) is 4.14. The van der Waals surface area contributed by atoms with Gasteiger partial charge in [-0.2, -0.15) is 0 Å². The third-order valence-electron chi connectivity index (χ3n) is 4.67. The van der Waals surface area contributed by atoms with Gasteiger partial charge in [-0.05, 0) is 44.0 Å². The standard InChI is InChI=1S/C18H18ClN3O2/c1-11-8-17(21-24-11)18(23)22-6-4-12(5-7-22)16-10-13-9-14(19)2-3-15(13)20-16/h2-3,8-10,12,20H,4-7H2,1H3. The Morgan fingerprint density at radius 3 is 2.79 bits per heavy atom. The van der Waals surface area contributed by atoms with E-state index < -0.39 is 0 Å². The smallest absolute Gasteiger partial charge is 0.276 e. The molecule has 0 unspecified atom stereocenters. The van der Waals surface area contributed by atoms with Crippen LogP contribution in [0.15, 0.2) is 34.9 Å². The third-order valence-corrected chi connectivity index (χ3v) is 4.91. The molecule has 124 valence electrons. The summed E-state index contributed by atoms with van der Waals surface area (Å²) >= 11 is 6.06. The van der Waals surface area contributed by atoms with Crippen molar-refractivity contribution < 1.29 is 9.32 Å². The lowest BCUT2D eigenvalue weighted by Gasteiger charge is -2.31. The number of piperidine rings is 1. The number of benzene rings is 1. The number of likely N-dealkylation sites (tertiary alicyclic amines) is 1. The Hall–Kier alpha value is -2.27. The van der Waals surface area contributed by atoms with Crippen LogP contribution in [0.3, 0.4) is 0 Å². The molecule has 0 atom stereocenters. The first-order valence-corrected chi connectivity index (χ1v) is 8.49. The summed E-state index contributed by atoms with van der Waals surface area (Å²) < 4.78 is 5.00. The average molecular weight is 344 g/mol. The second-order valence-corrected chi connectivity index (χ2v) is 6.78. The van der Waals surface area contributed by atoms with Gasteiger partial charge < -0.3 is 14.4 Å². The van der Waals surface area contributed by atoms with Gasteiger partial charge in [0.25, 0.3) is 5.91 Å². The van der Waals surface area contributed by atoms with Crippen molar-refractivity contribution in [1.29, 1.82) is 0 Å². The number of halogens is 1. The van der Waals surface area contributed by atoms with E-state index in [4.69, 9.17) is 16.1 Å². The van der Waals surface area contributed by atoms with E-state index in [-0.39, 0.29) is 5.91 Å². The highest BCUT2D eigenvalue weighted by Crippen LogP contribution is 2.31. The first-order valence-electron chi connectivity index (χ1n) is 8.11. The summed E-state index contributed by atoms with van der Waals surface area (Å²) in [6, 6.07) is 9.74. The number of H-pyrrole nitrogens is 1. The van der Waals surface area contributed by atoms with E-state index in [1.54, 1.807) is 13.0 Å². The highest BCUT2D eigenvalue weighted by Gasteiger charge is 2.27. The molecule has 0 saturated carbocycles. The molecule has 2 aromatic heterocycles. The minimum absolute atomic E-state index is 0.0475. The van der Waals surface area contributed by atoms with Crippen LogP contribution in [0.25, 0.3) is 10.9 Å². The van der Waals surface area contributed by atoms with Gasteiger partial charge in [-0.1, -0.05) is 16.8 Å². The molecule has 6 heteroatoms. The number of fused-ring (bicyclic) bond motifs is 1. The fraction of sp³-hybridized carbons (Fsp3) is 0.333. The summed E-state index contributed by atoms with van der Waals surface area (Å²) in [6.07, 6.45) is 1.87. The van der Waals surface area contributed by atoms with Crippen molar-refractivity contribution in [2.24, 2.45) is 0 Å². The number of amides is 1. The number of nitrogens with one attached hydrogen (secondary N) is 1. The van der Waals surface area contributed by atoms with E-state index in [2.05, 4.69) is 16.2 Å². The number of rotatable bonds is 2. The Morgan fingerprint density at radius 2 is 2.08 bits per heavy atom. The Bertz CT molecular complexity index is 891. The molecule has 1 aliphatic rings. The molecule has 4 rings (SSSR count). The normalized spacial score (nSPS) is 16.0. The van der Waals surface area contributed by atoms with Crippen molar-refractivity contribution in [3.8, 4) is 0 Å². The first-order chi connectivity index (χ1) is 11.6. The molecule has 0 spiro atoms. The van der Waals surface area contributed by atoms with Crippen LogP contribution >= 0.6 is 11.6 Å². The van der Waals surface area contributed by atoms with Gasteiger partial charge in [0, 0.05) is 46.7 Å². The summed E-state index contributed by atoms with van der Waals surface area (Å²) in [5.41, 5.74) is 2.72. The number of aromatic amines is 1. The lowest BCUT2D eigenvalue weighted by Crippen LogP contribution is -2.38. The van der Waals surface area contributed by atoms with E-state index in [1.807, 2.05) is 23.1 Å². The molecular formula is C18H18ClN3O2. The maximum atomic E-state index is 12.4. The molecule has 1 fully saturated rings. The van der Waals surface area contributed by atoms with Crippen LogP contribution in [0.2, 0.25) is 5.02 Å². The van der Waals surface area contributed by atoms with Gasteiger partial charge in [0.1, 0.15) is 5.76 Å². The van der Waals surface area contributed by atoms with Crippen molar-refractivity contribution in [2.45, 2.75) is 25.7 Å². The number of aryl methyl sites for hydroxylation is 1. The van der Waals surface area contributed by atoms with Gasteiger partial charge in [-0.25, -0.2) is 0 Å². The Balaban J connectivity index is 1.46. The van der Waals surface area contributed by atoms with Crippen LogP contribution in [-0.2, 0) is 0 Å². The molecule has 5 nitrogen and oxygen atoms in total. The molecule has 24 heavy (non-hydrogen) atoms. The molecule has 0 radical (unpaired) electrons. The van der Waals surface area contributed by atoms with Crippen LogP contribution in [0.5, 0.6) is 0 Å². The van der Waals surface area contributed by atoms with Gasteiger partial charge in [0.2, 0.25) is 0 Å². The largest absolute Gasteiger partial charge is 0.361 e. The molecular weight excluding hydrogens is 326 g/mol. The molecule has 1 N–H and O–H groups in total. The maximum Gasteiger partial charge on any atom is 0.276 e. The molecule has 1 aromatic carbocycles. The summed E-state index contributed by atoms with van der Waals surface area (Å²) in [5.74, 6) is 1.04. The zero-order valence-corrected chi connectivity index (χ0v) is 14.1. The molecule has 1 saturated heterocycles. The molecule has 3 heterocycles. The van der Waals surface area contributed by atoms with Crippen molar-refractivity contribution in [3.63, 3.8) is 0 Å². The Morgan fingerprint density at radius 1 is 1.29 bits per heavy atom. The van der Waals surface area contributed by atoms with Gasteiger partial charge in [-0.15, -0.1) is 0 Å². The van der Waals surface area contributed by atoms with E-state index in [0.29, 0.717) is 17.4 Å². The third kappa shape index (κ3) is 2.80. The molecule has 1 aliphatic heterocycles. The second kappa shape index (κ2) is 5.98. The van der Waals surface area contributed by atoms with Gasteiger partial charge in [0.15, 0.2) is 5.69 Å². The zero-order valence-electron chi connectivity index (χ0n) is 13.4. The predicted molar refractivity (Wildman–Crippen MR) is 92.4 cm³/mol. The Kier molecular flexibility index (Phi) is 3.81. The summed E-state index contributed by atoms with van der Waals surface area (Å²) in [4.78, 5) is 17.8. The van der Waals surface area contributed by atoms with Crippen LogP contribution in [-0.4, -0.2) is 34.0 Å². The fourth-order valence-corrected chi connectivity index (χ4v) is 3.55. The Labute approximate surface area is 144 Å². The van der Waals surface area contributed by atoms with E-state index in [0.717, 1.165) is 41.9 Å². The molecule has 0 aliphatic carbocycles. The number of aromatic nitrogens is 2. The average Bonchev–Trinajstić information content (AvgIpc) is 3.20. The quantitative estimate of drug-likeness (QED) is 0.760. The van der Waals surface area contributed by atoms with E-state index in [1.165, 1.54) is 5.69 Å². The monoisotopic (exact) mass is 343 g/mol. The lowest BCUT2D eigenvalue weighted by atomic mass is 9.93.